The molecule has 84 valence electrons. The van der Waals surface area contributed by atoms with Gasteiger partial charge in [0.2, 0.25) is 5.88 Å². The second kappa shape index (κ2) is 4.94. The average molecular weight is 235 g/mol. The number of aromatic nitrogens is 2. The van der Waals surface area contributed by atoms with Crippen LogP contribution in [0.25, 0.3) is 0 Å². The molecule has 2 aromatic rings. The topological polar surface area (TPSA) is 47.0 Å². The molecular weight excluding hydrogens is 222 g/mol. The predicted molar refractivity (Wildman–Crippen MR) is 64.9 cm³/mol. The maximum absolute atomic E-state index is 5.06. The molecule has 0 aliphatic carbocycles. The Morgan fingerprint density at radius 2 is 2.31 bits per heavy atom. The van der Waals surface area contributed by atoms with Crippen molar-refractivity contribution in [3.05, 3.63) is 34.8 Å². The summed E-state index contributed by atoms with van der Waals surface area (Å²) < 4.78 is 5.06. The molecule has 0 fully saturated rings. The van der Waals surface area contributed by atoms with Gasteiger partial charge in [0.1, 0.15) is 10.8 Å². The molecule has 2 rings (SSSR count). The van der Waals surface area contributed by atoms with Gasteiger partial charge in [0.15, 0.2) is 0 Å². The third-order valence-corrected chi connectivity index (χ3v) is 3.08. The molecule has 1 unspecified atom stereocenters. The second-order valence-electron chi connectivity index (χ2n) is 3.30. The van der Waals surface area contributed by atoms with Gasteiger partial charge in [-0.15, -0.1) is 11.3 Å². The Bertz CT molecular complexity index is 444. The quantitative estimate of drug-likeness (QED) is 0.885. The van der Waals surface area contributed by atoms with Crippen LogP contribution in [-0.4, -0.2) is 17.1 Å². The summed E-state index contributed by atoms with van der Waals surface area (Å²) >= 11 is 1.63. The summed E-state index contributed by atoms with van der Waals surface area (Å²) in [5, 5.41) is 6.29. The molecule has 0 saturated carbocycles. The molecule has 0 aliphatic rings. The van der Waals surface area contributed by atoms with Crippen LogP contribution in [0, 0.1) is 0 Å². The van der Waals surface area contributed by atoms with E-state index in [2.05, 4.69) is 22.2 Å². The molecule has 2 heterocycles. The lowest BCUT2D eigenvalue weighted by Crippen LogP contribution is -2.07. The van der Waals surface area contributed by atoms with Crippen molar-refractivity contribution >= 4 is 17.2 Å². The molecule has 2 aromatic heterocycles. The van der Waals surface area contributed by atoms with Crippen molar-refractivity contribution in [1.82, 2.24) is 9.97 Å². The summed E-state index contributed by atoms with van der Waals surface area (Å²) in [7, 11) is 1.61. The summed E-state index contributed by atoms with van der Waals surface area (Å²) in [6.07, 6.45) is 1.80. The van der Waals surface area contributed by atoms with Crippen LogP contribution in [0.1, 0.15) is 18.0 Å². The third-order valence-electron chi connectivity index (χ3n) is 2.12. The first-order valence-corrected chi connectivity index (χ1v) is 5.84. The van der Waals surface area contributed by atoms with E-state index in [-0.39, 0.29) is 6.04 Å². The van der Waals surface area contributed by atoms with Gasteiger partial charge in [-0.3, -0.25) is 0 Å². The zero-order valence-corrected chi connectivity index (χ0v) is 9.99. The van der Waals surface area contributed by atoms with Crippen molar-refractivity contribution in [2.45, 2.75) is 13.0 Å². The fraction of sp³-hybridized carbons (Fsp3) is 0.273. The van der Waals surface area contributed by atoms with E-state index in [0.717, 1.165) is 10.8 Å². The zero-order valence-electron chi connectivity index (χ0n) is 9.18. The van der Waals surface area contributed by atoms with Crippen molar-refractivity contribution in [3.8, 4) is 5.88 Å². The smallest absolute Gasteiger partial charge is 0.214 e. The fourth-order valence-corrected chi connectivity index (χ4v) is 1.99. The molecule has 0 amide bonds. The van der Waals surface area contributed by atoms with Gasteiger partial charge in [-0.05, 0) is 13.0 Å². The van der Waals surface area contributed by atoms with E-state index in [9.17, 15) is 0 Å². The summed E-state index contributed by atoms with van der Waals surface area (Å²) in [6, 6.07) is 5.79. The molecule has 0 spiro atoms. The highest BCUT2D eigenvalue weighted by atomic mass is 32.1. The molecular formula is C11H13N3OS. The van der Waals surface area contributed by atoms with Crippen LogP contribution in [0.15, 0.2) is 29.8 Å². The second-order valence-corrected chi connectivity index (χ2v) is 4.23. The van der Waals surface area contributed by atoms with Gasteiger partial charge in [-0.25, -0.2) is 4.98 Å². The number of anilines is 1. The van der Waals surface area contributed by atoms with E-state index in [1.807, 2.05) is 23.6 Å². The van der Waals surface area contributed by atoms with Gasteiger partial charge >= 0.3 is 0 Å². The molecule has 0 bridgehead atoms. The Hall–Kier alpha value is -1.62. The monoisotopic (exact) mass is 235 g/mol. The number of methoxy groups -OCH3 is 1. The Morgan fingerprint density at radius 1 is 1.44 bits per heavy atom. The highest BCUT2D eigenvalue weighted by molar-refractivity contribution is 7.09. The summed E-state index contributed by atoms with van der Waals surface area (Å²) in [6.45, 7) is 2.06. The minimum Gasteiger partial charge on any atom is -0.481 e. The third kappa shape index (κ3) is 2.49. The van der Waals surface area contributed by atoms with E-state index in [4.69, 9.17) is 4.74 Å². The molecule has 1 atom stereocenters. The van der Waals surface area contributed by atoms with E-state index < -0.39 is 0 Å². The van der Waals surface area contributed by atoms with E-state index in [1.165, 1.54) is 0 Å². The lowest BCUT2D eigenvalue weighted by molar-refractivity contribution is 0.398. The number of pyridine rings is 1. The molecule has 0 aliphatic heterocycles. The van der Waals surface area contributed by atoms with Gasteiger partial charge in [-0.2, -0.15) is 4.98 Å². The van der Waals surface area contributed by atoms with Crippen LogP contribution in [0.3, 0.4) is 0 Å². The molecule has 16 heavy (non-hydrogen) atoms. The maximum atomic E-state index is 5.06. The van der Waals surface area contributed by atoms with Crippen LogP contribution in [0.4, 0.5) is 5.82 Å². The molecule has 5 heteroatoms. The van der Waals surface area contributed by atoms with E-state index >= 15 is 0 Å². The van der Waals surface area contributed by atoms with Gasteiger partial charge < -0.3 is 10.1 Å². The first-order chi connectivity index (χ1) is 7.79. The van der Waals surface area contributed by atoms with Crippen LogP contribution >= 0.6 is 11.3 Å². The molecule has 4 nitrogen and oxygen atoms in total. The normalized spacial score (nSPS) is 12.1. The summed E-state index contributed by atoms with van der Waals surface area (Å²) in [4.78, 5) is 8.54. The minimum atomic E-state index is 0.152. The van der Waals surface area contributed by atoms with Crippen molar-refractivity contribution in [3.63, 3.8) is 0 Å². The first-order valence-electron chi connectivity index (χ1n) is 4.96. The fourth-order valence-electron chi connectivity index (χ4n) is 1.34. The highest BCUT2D eigenvalue weighted by Gasteiger charge is 2.08. The summed E-state index contributed by atoms with van der Waals surface area (Å²) in [5.74, 6) is 1.40. The number of nitrogens with one attached hydrogen (secondary N) is 1. The molecule has 0 radical (unpaired) electrons. The molecule has 1 N–H and O–H groups in total. The van der Waals surface area contributed by atoms with Crippen LogP contribution in [-0.2, 0) is 0 Å². The van der Waals surface area contributed by atoms with Gasteiger partial charge in [0.25, 0.3) is 0 Å². The van der Waals surface area contributed by atoms with Crippen molar-refractivity contribution < 1.29 is 4.74 Å². The van der Waals surface area contributed by atoms with Crippen LogP contribution in [0.5, 0.6) is 5.88 Å². The van der Waals surface area contributed by atoms with Gasteiger partial charge in [0.05, 0.1) is 13.2 Å². The van der Waals surface area contributed by atoms with Crippen molar-refractivity contribution in [1.29, 1.82) is 0 Å². The number of ether oxygens (including phenoxy) is 1. The Morgan fingerprint density at radius 3 is 3.00 bits per heavy atom. The standard InChI is InChI=1S/C11H13N3OS/c1-8(11-12-6-7-16-11)13-9-4-3-5-10(14-9)15-2/h3-8H,1-2H3,(H,13,14). The number of nitrogens with zero attached hydrogens (tertiary/aromatic N) is 2. The minimum absolute atomic E-state index is 0.152. The average Bonchev–Trinajstić information content (AvgIpc) is 2.83. The van der Waals surface area contributed by atoms with Crippen molar-refractivity contribution in [2.24, 2.45) is 0 Å². The number of thiazole rings is 1. The first kappa shape index (κ1) is 10.9. The SMILES string of the molecule is COc1cccc(NC(C)c2nccs2)n1. The van der Waals surface area contributed by atoms with E-state index in [0.29, 0.717) is 5.88 Å². The maximum Gasteiger partial charge on any atom is 0.214 e. The zero-order chi connectivity index (χ0) is 11.4. The molecule has 0 aromatic carbocycles. The van der Waals surface area contributed by atoms with Crippen molar-refractivity contribution in [2.75, 3.05) is 12.4 Å². The van der Waals surface area contributed by atoms with Gasteiger partial charge in [0, 0.05) is 17.6 Å². The van der Waals surface area contributed by atoms with Crippen LogP contribution in [0.2, 0.25) is 0 Å². The van der Waals surface area contributed by atoms with Gasteiger partial charge in [-0.1, -0.05) is 6.07 Å². The molecule has 0 saturated heterocycles. The predicted octanol–water partition coefficient (Wildman–Crippen LogP) is 2.72. The Balaban J connectivity index is 2.08. The number of hydrogen-bond acceptors (Lipinski definition) is 5. The number of rotatable bonds is 4. The van der Waals surface area contributed by atoms with Crippen LogP contribution < -0.4 is 10.1 Å². The Kier molecular flexibility index (Phi) is 3.36. The lowest BCUT2D eigenvalue weighted by atomic mass is 10.3. The summed E-state index contributed by atoms with van der Waals surface area (Å²) in [5.41, 5.74) is 0. The lowest BCUT2D eigenvalue weighted by Gasteiger charge is -2.12. The highest BCUT2D eigenvalue weighted by Crippen LogP contribution is 2.20. The van der Waals surface area contributed by atoms with E-state index in [1.54, 1.807) is 24.6 Å². The Labute approximate surface area is 98.3 Å². The largest absolute Gasteiger partial charge is 0.481 e. The number of hydrogen-bond donors (Lipinski definition) is 1.